The lowest BCUT2D eigenvalue weighted by molar-refractivity contribution is -0.247. The number of ether oxygens (including phenoxy) is 1. The van der Waals surface area contributed by atoms with Gasteiger partial charge in [-0.15, -0.1) is 0 Å². The van der Waals surface area contributed by atoms with E-state index in [-0.39, 0.29) is 39.8 Å². The molecule has 49 heavy (non-hydrogen) atoms. The molecule has 9 atom stereocenters. The summed E-state index contributed by atoms with van der Waals surface area (Å²) in [5, 5.41) is 12.4. The number of esters is 1. The summed E-state index contributed by atoms with van der Waals surface area (Å²) >= 11 is 0. The van der Waals surface area contributed by atoms with Gasteiger partial charge in [0, 0.05) is 17.3 Å². The van der Waals surface area contributed by atoms with Crippen LogP contribution in [0.1, 0.15) is 210 Å². The third-order valence-corrected chi connectivity index (χ3v) is 16.8. The van der Waals surface area contributed by atoms with Gasteiger partial charge >= 0.3 is 5.97 Å². The van der Waals surface area contributed by atoms with E-state index >= 15 is 0 Å². The zero-order chi connectivity index (χ0) is 35.7. The van der Waals surface area contributed by atoms with Crippen LogP contribution in [0.3, 0.4) is 0 Å². The molecule has 3 nitrogen and oxygen atoms in total. The molecule has 0 heterocycles. The van der Waals surface area contributed by atoms with Crippen LogP contribution < -0.4 is 0 Å². The van der Waals surface area contributed by atoms with E-state index in [0.29, 0.717) is 35.0 Å². The minimum Gasteiger partial charge on any atom is -0.462 e. The highest BCUT2D eigenvalue weighted by atomic mass is 16.5. The number of carbonyl (C=O) groups is 1. The molecule has 0 aromatic carbocycles. The van der Waals surface area contributed by atoms with Gasteiger partial charge < -0.3 is 9.84 Å². The van der Waals surface area contributed by atoms with Crippen LogP contribution in [0.4, 0.5) is 0 Å². The van der Waals surface area contributed by atoms with Gasteiger partial charge in [0.2, 0.25) is 0 Å². The minimum absolute atomic E-state index is 0.00404. The van der Waals surface area contributed by atoms with Crippen molar-refractivity contribution in [1.82, 2.24) is 0 Å². The summed E-state index contributed by atoms with van der Waals surface area (Å²) in [6.07, 6.45) is 30.5. The fourth-order valence-electron chi connectivity index (χ4n) is 13.2. The Morgan fingerprint density at radius 3 is 1.94 bits per heavy atom. The molecule has 0 aromatic rings. The highest BCUT2D eigenvalue weighted by Gasteiger charge is 2.70. The molecule has 0 amide bonds. The molecule has 0 unspecified atom stereocenters. The van der Waals surface area contributed by atoms with E-state index in [4.69, 9.17) is 4.74 Å². The third kappa shape index (κ3) is 7.51. The maximum atomic E-state index is 13.2. The molecule has 282 valence electrons. The normalized spacial score (nSPS) is 40.7. The zero-order valence-corrected chi connectivity index (χ0v) is 34.0. The van der Waals surface area contributed by atoms with Gasteiger partial charge in [-0.2, -0.15) is 0 Å². The summed E-state index contributed by atoms with van der Waals surface area (Å²) in [6, 6.07) is 0. The maximum absolute atomic E-state index is 13.2. The fraction of sp³-hybridized carbons (Fsp3) is 0.935. The molecule has 4 saturated carbocycles. The SMILES string of the molecule is CCCCCCCCCCCCCCCC(=O)O[C@H]1CC[C@]2(C)[C@H]3CC=C4[C@@H]5CC(C)(C)CC[C@]5(C)CC[C@@]4(C)[C@]3(C)[C@@H](O)C[C@H]2C1(C)C. The van der Waals surface area contributed by atoms with E-state index in [9.17, 15) is 9.90 Å². The van der Waals surface area contributed by atoms with Crippen LogP contribution in [-0.4, -0.2) is 23.3 Å². The predicted octanol–water partition coefficient (Wildman–Crippen LogP) is 13.2. The molecule has 0 saturated heterocycles. The average molecular weight is 681 g/mol. The smallest absolute Gasteiger partial charge is 0.306 e. The number of fused-ring (bicyclic) bond motifs is 7. The molecular formula is C46H80O3. The van der Waals surface area contributed by atoms with Crippen LogP contribution in [0.25, 0.3) is 0 Å². The Bertz CT molecular complexity index is 1150. The van der Waals surface area contributed by atoms with Gasteiger partial charge in [-0.3, -0.25) is 4.79 Å². The maximum Gasteiger partial charge on any atom is 0.306 e. The van der Waals surface area contributed by atoms with Crippen molar-refractivity contribution in [2.24, 2.45) is 50.2 Å². The summed E-state index contributed by atoms with van der Waals surface area (Å²) < 4.78 is 6.37. The van der Waals surface area contributed by atoms with Crippen LogP contribution in [0, 0.1) is 50.2 Å². The molecule has 4 fully saturated rings. The summed E-state index contributed by atoms with van der Waals surface area (Å²) in [5.74, 6) is 1.44. The van der Waals surface area contributed by atoms with Gasteiger partial charge in [-0.05, 0) is 104 Å². The van der Waals surface area contributed by atoms with E-state index in [2.05, 4.69) is 68.4 Å². The van der Waals surface area contributed by atoms with Gasteiger partial charge in [-0.1, -0.05) is 151 Å². The number of rotatable bonds is 15. The largest absolute Gasteiger partial charge is 0.462 e. The first-order chi connectivity index (χ1) is 23.1. The molecule has 5 aliphatic carbocycles. The molecule has 0 bridgehead atoms. The monoisotopic (exact) mass is 681 g/mol. The zero-order valence-electron chi connectivity index (χ0n) is 34.0. The van der Waals surface area contributed by atoms with Gasteiger partial charge in [0.15, 0.2) is 0 Å². The third-order valence-electron chi connectivity index (χ3n) is 16.8. The molecule has 0 aliphatic heterocycles. The Kier molecular flexibility index (Phi) is 12.3. The van der Waals surface area contributed by atoms with E-state index in [1.807, 2.05) is 0 Å². The fourth-order valence-corrected chi connectivity index (χ4v) is 13.2. The van der Waals surface area contributed by atoms with Crippen molar-refractivity contribution in [3.05, 3.63) is 11.6 Å². The Hall–Kier alpha value is -0.830. The molecule has 3 heteroatoms. The lowest BCUT2D eigenvalue weighted by Crippen LogP contribution is -2.69. The van der Waals surface area contributed by atoms with Gasteiger partial charge in [0.05, 0.1) is 6.10 Å². The average Bonchev–Trinajstić information content (AvgIpc) is 3.04. The van der Waals surface area contributed by atoms with Crippen molar-refractivity contribution in [3.63, 3.8) is 0 Å². The molecule has 5 rings (SSSR count). The van der Waals surface area contributed by atoms with Gasteiger partial charge in [0.1, 0.15) is 6.10 Å². The highest BCUT2D eigenvalue weighted by Crippen LogP contribution is 2.75. The number of hydrogen-bond donors (Lipinski definition) is 1. The van der Waals surface area contributed by atoms with E-state index in [1.165, 1.54) is 103 Å². The lowest BCUT2D eigenvalue weighted by Gasteiger charge is -2.72. The van der Waals surface area contributed by atoms with Crippen molar-refractivity contribution in [2.75, 3.05) is 0 Å². The number of allylic oxidation sites excluding steroid dienone is 2. The van der Waals surface area contributed by atoms with Crippen LogP contribution in [0.2, 0.25) is 0 Å². The summed E-state index contributed by atoms with van der Waals surface area (Å²) in [5.41, 5.74) is 2.42. The Labute approximate surface area is 304 Å². The Morgan fingerprint density at radius 2 is 1.33 bits per heavy atom. The topological polar surface area (TPSA) is 46.5 Å². The van der Waals surface area contributed by atoms with Crippen LogP contribution >= 0.6 is 0 Å². The second-order valence-electron chi connectivity index (χ2n) is 20.8. The molecule has 0 spiro atoms. The highest BCUT2D eigenvalue weighted by molar-refractivity contribution is 5.69. The van der Waals surface area contributed by atoms with Gasteiger partial charge in [0.25, 0.3) is 0 Å². The molecule has 0 radical (unpaired) electrons. The second kappa shape index (κ2) is 15.3. The summed E-state index contributed by atoms with van der Waals surface area (Å²) in [7, 11) is 0. The number of aliphatic hydroxyl groups excluding tert-OH is 1. The first-order valence-electron chi connectivity index (χ1n) is 21.6. The summed E-state index contributed by atoms with van der Waals surface area (Å²) in [4.78, 5) is 13.2. The van der Waals surface area contributed by atoms with Crippen LogP contribution in [0.15, 0.2) is 11.6 Å². The van der Waals surface area contributed by atoms with Crippen molar-refractivity contribution >= 4 is 5.97 Å². The minimum atomic E-state index is -0.329. The molecular weight excluding hydrogens is 601 g/mol. The number of carbonyl (C=O) groups excluding carboxylic acids is 1. The molecule has 5 aliphatic rings. The Balaban J connectivity index is 1.15. The standard InChI is InChI=1S/C46H80O3/c1-10-11-12-13-14-15-16-17-18-19-20-21-22-23-40(48)49-39-26-27-44(7)36-25-24-34-35-33-41(2,3)28-29-43(35,6)30-31-45(34,8)46(36,9)38(47)32-37(44)42(39,4)5/h24,35-39,47H,10-23,25-33H2,1-9H3/t35-,36+,37-,38-,39-,43+,44+,45+,46-/m0/s1. The van der Waals surface area contributed by atoms with E-state index in [1.54, 1.807) is 5.57 Å². The first-order valence-corrected chi connectivity index (χ1v) is 21.6. The lowest BCUT2D eigenvalue weighted by atomic mass is 9.33. The van der Waals surface area contributed by atoms with Crippen molar-refractivity contribution < 1.29 is 14.6 Å². The predicted molar refractivity (Wildman–Crippen MR) is 206 cm³/mol. The molecule has 1 N–H and O–H groups in total. The number of unbranched alkanes of at least 4 members (excludes halogenated alkanes) is 12. The van der Waals surface area contributed by atoms with Crippen LogP contribution in [0.5, 0.6) is 0 Å². The van der Waals surface area contributed by atoms with Crippen molar-refractivity contribution in [1.29, 1.82) is 0 Å². The number of aliphatic hydroxyl groups is 1. The quantitative estimate of drug-likeness (QED) is 0.106. The second-order valence-corrected chi connectivity index (χ2v) is 20.8. The van der Waals surface area contributed by atoms with Crippen molar-refractivity contribution in [3.8, 4) is 0 Å². The van der Waals surface area contributed by atoms with Gasteiger partial charge in [-0.25, -0.2) is 0 Å². The van der Waals surface area contributed by atoms with Crippen molar-refractivity contribution in [2.45, 2.75) is 222 Å². The summed E-state index contributed by atoms with van der Waals surface area (Å²) in [6.45, 7) is 22.2. The van der Waals surface area contributed by atoms with E-state index < -0.39 is 0 Å². The molecule has 0 aromatic heterocycles. The number of hydrogen-bond acceptors (Lipinski definition) is 3. The first kappa shape index (κ1) is 39.4. The Morgan fingerprint density at radius 1 is 0.755 bits per heavy atom. The van der Waals surface area contributed by atoms with Crippen LogP contribution in [-0.2, 0) is 9.53 Å². The van der Waals surface area contributed by atoms with E-state index in [0.717, 1.165) is 38.5 Å².